The lowest BCUT2D eigenvalue weighted by Gasteiger charge is -1.99. The molecule has 0 aliphatic carbocycles. The highest BCUT2D eigenvalue weighted by Gasteiger charge is 2.04. The molecule has 0 aliphatic heterocycles. The van der Waals surface area contributed by atoms with Crippen LogP contribution in [0, 0.1) is 22.7 Å². The van der Waals surface area contributed by atoms with E-state index in [-0.39, 0.29) is 5.57 Å². The molecule has 0 heterocycles. The molecule has 1 aromatic rings. The fourth-order valence-corrected chi connectivity index (χ4v) is 1.13. The van der Waals surface area contributed by atoms with Crippen LogP contribution in [0.3, 0.4) is 0 Å². The molecule has 0 spiro atoms. The van der Waals surface area contributed by atoms with Crippen LogP contribution in [-0.2, 0) is 4.74 Å². The van der Waals surface area contributed by atoms with Crippen LogP contribution in [0.25, 0.3) is 6.08 Å². The van der Waals surface area contributed by atoms with Crippen LogP contribution < -0.4 is 0 Å². The molecule has 0 bridgehead atoms. The topological polar surface area (TPSA) is 73.9 Å². The predicted molar refractivity (Wildman–Crippen MR) is 57.0 cm³/mol. The zero-order valence-electron chi connectivity index (χ0n) is 8.60. The van der Waals surface area contributed by atoms with Crippen LogP contribution in [0.15, 0.2) is 29.8 Å². The van der Waals surface area contributed by atoms with E-state index in [0.717, 1.165) is 0 Å². The van der Waals surface area contributed by atoms with E-state index in [0.29, 0.717) is 11.1 Å². The standard InChI is InChI=1S/C12H8N2O2/c1-16-12(15)11-4-2-3-9(6-11)5-10(7-13)8-14/h2-6H,1H3. The van der Waals surface area contributed by atoms with Crippen LogP contribution in [0.4, 0.5) is 0 Å². The van der Waals surface area contributed by atoms with E-state index in [2.05, 4.69) is 4.74 Å². The number of benzene rings is 1. The summed E-state index contributed by atoms with van der Waals surface area (Å²) >= 11 is 0. The van der Waals surface area contributed by atoms with E-state index in [4.69, 9.17) is 10.5 Å². The molecular weight excluding hydrogens is 204 g/mol. The van der Waals surface area contributed by atoms with Crippen molar-refractivity contribution >= 4 is 12.0 Å². The summed E-state index contributed by atoms with van der Waals surface area (Å²) in [6.07, 6.45) is 1.41. The molecule has 4 nitrogen and oxygen atoms in total. The number of nitrogens with zero attached hydrogens (tertiary/aromatic N) is 2. The molecule has 1 rings (SSSR count). The van der Waals surface area contributed by atoms with Gasteiger partial charge in [0.1, 0.15) is 17.7 Å². The minimum atomic E-state index is -0.453. The van der Waals surface area contributed by atoms with Gasteiger partial charge in [-0.05, 0) is 23.8 Å². The number of nitriles is 2. The molecule has 16 heavy (non-hydrogen) atoms. The molecule has 0 amide bonds. The third-order valence-electron chi connectivity index (χ3n) is 1.86. The van der Waals surface area contributed by atoms with Crippen LogP contribution in [0.1, 0.15) is 15.9 Å². The third kappa shape index (κ3) is 2.70. The van der Waals surface area contributed by atoms with Crippen molar-refractivity contribution in [2.24, 2.45) is 0 Å². The number of rotatable bonds is 2. The molecule has 1 aromatic carbocycles. The lowest BCUT2D eigenvalue weighted by atomic mass is 10.1. The normalized spacial score (nSPS) is 8.44. The molecule has 4 heteroatoms. The average Bonchev–Trinajstić information content (AvgIpc) is 2.35. The third-order valence-corrected chi connectivity index (χ3v) is 1.86. The number of hydrogen-bond acceptors (Lipinski definition) is 4. The van der Waals surface area contributed by atoms with E-state index < -0.39 is 5.97 Å². The van der Waals surface area contributed by atoms with Gasteiger partial charge >= 0.3 is 5.97 Å². The lowest BCUT2D eigenvalue weighted by Crippen LogP contribution is -2.00. The fourth-order valence-electron chi connectivity index (χ4n) is 1.13. The highest BCUT2D eigenvalue weighted by molar-refractivity contribution is 5.90. The van der Waals surface area contributed by atoms with E-state index in [1.807, 2.05) is 0 Å². The summed E-state index contributed by atoms with van der Waals surface area (Å²) < 4.78 is 4.56. The number of allylic oxidation sites excluding steroid dienone is 1. The summed E-state index contributed by atoms with van der Waals surface area (Å²) in [7, 11) is 1.29. The Balaban J connectivity index is 3.11. The van der Waals surface area contributed by atoms with Gasteiger partial charge in [0.25, 0.3) is 0 Å². The number of esters is 1. The molecule has 0 saturated heterocycles. The second kappa shape index (κ2) is 5.33. The van der Waals surface area contributed by atoms with Crippen LogP contribution in [0.2, 0.25) is 0 Å². The number of hydrogen-bond donors (Lipinski definition) is 0. The first-order chi connectivity index (χ1) is 7.71. The van der Waals surface area contributed by atoms with E-state index in [9.17, 15) is 4.79 Å². The molecule has 0 atom stereocenters. The molecule has 0 radical (unpaired) electrons. The monoisotopic (exact) mass is 212 g/mol. The summed E-state index contributed by atoms with van der Waals surface area (Å²) in [5.41, 5.74) is 0.981. The Morgan fingerprint density at radius 3 is 2.62 bits per heavy atom. The van der Waals surface area contributed by atoms with Crippen molar-refractivity contribution in [1.29, 1.82) is 10.5 Å². The van der Waals surface area contributed by atoms with Crippen molar-refractivity contribution in [2.75, 3.05) is 7.11 Å². The van der Waals surface area contributed by atoms with Gasteiger partial charge in [0.05, 0.1) is 12.7 Å². The van der Waals surface area contributed by atoms with Gasteiger partial charge in [-0.3, -0.25) is 0 Å². The van der Waals surface area contributed by atoms with Crippen molar-refractivity contribution in [1.82, 2.24) is 0 Å². The fraction of sp³-hybridized carbons (Fsp3) is 0.0833. The first-order valence-corrected chi connectivity index (χ1v) is 4.41. The Morgan fingerprint density at radius 2 is 2.06 bits per heavy atom. The van der Waals surface area contributed by atoms with Gasteiger partial charge in [-0.15, -0.1) is 0 Å². The minimum absolute atomic E-state index is 0.0120. The van der Waals surface area contributed by atoms with Gasteiger partial charge < -0.3 is 4.74 Å². The van der Waals surface area contributed by atoms with Gasteiger partial charge in [-0.1, -0.05) is 12.1 Å². The number of ether oxygens (including phenoxy) is 1. The van der Waals surface area contributed by atoms with E-state index in [1.54, 1.807) is 36.4 Å². The minimum Gasteiger partial charge on any atom is -0.465 e. The molecule has 0 saturated carbocycles. The van der Waals surface area contributed by atoms with Crippen LogP contribution in [-0.4, -0.2) is 13.1 Å². The first kappa shape index (κ1) is 11.5. The van der Waals surface area contributed by atoms with Crippen molar-refractivity contribution in [3.05, 3.63) is 41.0 Å². The van der Waals surface area contributed by atoms with E-state index >= 15 is 0 Å². The Labute approximate surface area is 93.0 Å². The van der Waals surface area contributed by atoms with Gasteiger partial charge in [-0.25, -0.2) is 4.79 Å². The average molecular weight is 212 g/mol. The molecule has 0 unspecified atom stereocenters. The molecule has 0 aromatic heterocycles. The molecular formula is C12H8N2O2. The smallest absolute Gasteiger partial charge is 0.337 e. The summed E-state index contributed by atoms with van der Waals surface area (Å²) in [6.45, 7) is 0. The number of carbonyl (C=O) groups excluding carboxylic acids is 1. The van der Waals surface area contributed by atoms with Gasteiger partial charge in [0.15, 0.2) is 0 Å². The van der Waals surface area contributed by atoms with Gasteiger partial charge in [0.2, 0.25) is 0 Å². The zero-order valence-corrected chi connectivity index (χ0v) is 8.60. The maximum Gasteiger partial charge on any atom is 0.337 e. The maximum atomic E-state index is 11.2. The van der Waals surface area contributed by atoms with Crippen molar-refractivity contribution in [3.63, 3.8) is 0 Å². The Bertz CT molecular complexity index is 503. The summed E-state index contributed by atoms with van der Waals surface area (Å²) in [5.74, 6) is -0.453. The van der Waals surface area contributed by atoms with Crippen LogP contribution in [0.5, 0.6) is 0 Å². The van der Waals surface area contributed by atoms with Gasteiger partial charge in [-0.2, -0.15) is 10.5 Å². The summed E-state index contributed by atoms with van der Waals surface area (Å²) in [4.78, 5) is 11.2. The zero-order chi connectivity index (χ0) is 12.0. The largest absolute Gasteiger partial charge is 0.465 e. The summed E-state index contributed by atoms with van der Waals surface area (Å²) in [5, 5.41) is 17.2. The second-order valence-corrected chi connectivity index (χ2v) is 2.90. The quantitative estimate of drug-likeness (QED) is 0.554. The predicted octanol–water partition coefficient (Wildman–Crippen LogP) is 1.90. The van der Waals surface area contributed by atoms with E-state index in [1.165, 1.54) is 13.2 Å². The second-order valence-electron chi connectivity index (χ2n) is 2.90. The van der Waals surface area contributed by atoms with Crippen LogP contribution >= 0.6 is 0 Å². The highest BCUT2D eigenvalue weighted by atomic mass is 16.5. The first-order valence-electron chi connectivity index (χ1n) is 4.41. The molecule has 0 N–H and O–H groups in total. The maximum absolute atomic E-state index is 11.2. The Hall–Kier alpha value is -2.59. The number of methoxy groups -OCH3 is 1. The Kier molecular flexibility index (Phi) is 3.83. The lowest BCUT2D eigenvalue weighted by molar-refractivity contribution is 0.0600. The van der Waals surface area contributed by atoms with Crippen molar-refractivity contribution in [2.45, 2.75) is 0 Å². The van der Waals surface area contributed by atoms with Gasteiger partial charge in [0, 0.05) is 0 Å². The SMILES string of the molecule is COC(=O)c1cccc(C=C(C#N)C#N)c1. The summed E-state index contributed by atoms with van der Waals surface area (Å²) in [6, 6.07) is 10.0. The molecule has 78 valence electrons. The van der Waals surface area contributed by atoms with Crippen molar-refractivity contribution in [3.8, 4) is 12.1 Å². The highest BCUT2D eigenvalue weighted by Crippen LogP contribution is 2.10. The Morgan fingerprint density at radius 1 is 1.38 bits per heavy atom. The number of carbonyl (C=O) groups is 1. The molecule has 0 aliphatic rings. The molecule has 0 fully saturated rings. The van der Waals surface area contributed by atoms with Crippen molar-refractivity contribution < 1.29 is 9.53 Å².